The molecule has 28 heavy (non-hydrogen) atoms. The first kappa shape index (κ1) is 18.6. The van der Waals surface area contributed by atoms with Crippen molar-refractivity contribution in [3.63, 3.8) is 0 Å². The van der Waals surface area contributed by atoms with Gasteiger partial charge in [0.05, 0.1) is 15.1 Å². The van der Waals surface area contributed by atoms with Crippen LogP contribution in [0, 0.1) is 24.0 Å². The Hall–Kier alpha value is -2.77. The molecule has 2 aromatic carbocycles. The van der Waals surface area contributed by atoms with Crippen LogP contribution in [-0.4, -0.2) is 9.91 Å². The fourth-order valence-electron chi connectivity index (χ4n) is 2.83. The van der Waals surface area contributed by atoms with E-state index in [4.69, 9.17) is 4.42 Å². The lowest BCUT2D eigenvalue weighted by molar-refractivity contribution is -0.384. The van der Waals surface area contributed by atoms with E-state index in [2.05, 4.69) is 46.9 Å². The van der Waals surface area contributed by atoms with E-state index in [1.807, 2.05) is 24.3 Å². The maximum Gasteiger partial charge on any atom is 0.270 e. The number of hydrogen-bond acceptors (Lipinski definition) is 5. The number of hydrogen-bond donors (Lipinski definition) is 0. The van der Waals surface area contributed by atoms with Gasteiger partial charge in [0.15, 0.2) is 0 Å². The van der Waals surface area contributed by atoms with E-state index in [0.29, 0.717) is 16.0 Å². The minimum absolute atomic E-state index is 0.0311. The van der Waals surface area contributed by atoms with E-state index in [1.165, 1.54) is 23.3 Å². The fraction of sp³-hybridized carbons (Fsp3) is 0.0952. The molecule has 140 valence electrons. The van der Waals surface area contributed by atoms with Crippen molar-refractivity contribution in [1.29, 1.82) is 0 Å². The van der Waals surface area contributed by atoms with Crippen LogP contribution >= 0.6 is 27.3 Å². The summed E-state index contributed by atoms with van der Waals surface area (Å²) in [6.07, 6.45) is 3.81. The lowest BCUT2D eigenvalue weighted by Gasteiger charge is -2.00. The van der Waals surface area contributed by atoms with Crippen LogP contribution in [0.25, 0.3) is 33.7 Å². The molecular weight excluding hydrogens is 440 g/mol. The van der Waals surface area contributed by atoms with Gasteiger partial charge in [-0.1, -0.05) is 0 Å². The summed E-state index contributed by atoms with van der Waals surface area (Å²) in [5.41, 5.74) is 4.29. The van der Waals surface area contributed by atoms with Crippen molar-refractivity contribution in [3.8, 4) is 11.3 Å². The molecule has 4 rings (SSSR count). The number of rotatable bonds is 4. The zero-order valence-corrected chi connectivity index (χ0v) is 17.5. The summed E-state index contributed by atoms with van der Waals surface area (Å²) >= 11 is 5.02. The highest BCUT2D eigenvalue weighted by Crippen LogP contribution is 2.33. The number of aryl methyl sites for hydroxylation is 2. The highest BCUT2D eigenvalue weighted by molar-refractivity contribution is 9.10. The van der Waals surface area contributed by atoms with Crippen molar-refractivity contribution in [1.82, 2.24) is 4.98 Å². The second kappa shape index (κ2) is 7.33. The van der Waals surface area contributed by atoms with E-state index in [-0.39, 0.29) is 5.69 Å². The van der Waals surface area contributed by atoms with Crippen LogP contribution in [0.1, 0.15) is 21.9 Å². The third-order valence-electron chi connectivity index (χ3n) is 4.47. The number of nitro groups is 1. The van der Waals surface area contributed by atoms with Gasteiger partial charge in [0.2, 0.25) is 0 Å². The Labute approximate surface area is 173 Å². The van der Waals surface area contributed by atoms with Crippen LogP contribution in [0.15, 0.2) is 51.4 Å². The van der Waals surface area contributed by atoms with E-state index in [1.54, 1.807) is 17.4 Å². The van der Waals surface area contributed by atoms with Crippen molar-refractivity contribution in [2.24, 2.45) is 0 Å². The van der Waals surface area contributed by atoms with Gasteiger partial charge in [0, 0.05) is 22.2 Å². The summed E-state index contributed by atoms with van der Waals surface area (Å²) in [5, 5.41) is 11.8. The van der Waals surface area contributed by atoms with Gasteiger partial charge in [-0.25, -0.2) is 4.98 Å². The highest BCUT2D eigenvalue weighted by atomic mass is 79.9. The van der Waals surface area contributed by atoms with Crippen LogP contribution in [-0.2, 0) is 0 Å². The zero-order chi connectivity index (χ0) is 19.8. The Morgan fingerprint density at radius 3 is 2.64 bits per heavy atom. The van der Waals surface area contributed by atoms with Crippen molar-refractivity contribution in [2.45, 2.75) is 13.8 Å². The minimum Gasteiger partial charge on any atom is -0.457 e. The number of aromatic nitrogens is 1. The molecule has 0 N–H and O–H groups in total. The van der Waals surface area contributed by atoms with Gasteiger partial charge >= 0.3 is 0 Å². The largest absolute Gasteiger partial charge is 0.457 e. The number of thiazole rings is 1. The molecule has 7 heteroatoms. The molecule has 0 aliphatic rings. The summed E-state index contributed by atoms with van der Waals surface area (Å²) < 4.78 is 7.65. The van der Waals surface area contributed by atoms with Gasteiger partial charge in [-0.05, 0) is 83.4 Å². The molecule has 0 radical (unpaired) electrons. The standard InChI is InChI=1S/C21H15BrN2O3S/c1-12-9-18-20(10-13(12)2)28-21(23-18)8-5-15-4-7-19(27-15)16-6-3-14(24(25)26)11-17(16)22/h3-11H,1-2H3. The molecule has 0 aliphatic carbocycles. The Kier molecular flexibility index (Phi) is 4.87. The minimum atomic E-state index is -0.425. The molecule has 0 spiro atoms. The third-order valence-corrected chi connectivity index (χ3v) is 6.11. The molecule has 0 unspecified atom stereocenters. The molecule has 0 amide bonds. The molecule has 0 aliphatic heterocycles. The van der Waals surface area contributed by atoms with Crippen LogP contribution in [0.3, 0.4) is 0 Å². The number of nitrogens with zero attached hydrogens (tertiary/aromatic N) is 2. The quantitative estimate of drug-likeness (QED) is 0.245. The number of furan rings is 1. The van der Waals surface area contributed by atoms with Gasteiger partial charge in [-0.3, -0.25) is 10.1 Å². The first-order chi connectivity index (χ1) is 13.4. The molecule has 5 nitrogen and oxygen atoms in total. The van der Waals surface area contributed by atoms with Crippen molar-refractivity contribution in [2.75, 3.05) is 0 Å². The zero-order valence-electron chi connectivity index (χ0n) is 15.1. The molecule has 2 heterocycles. The Morgan fingerprint density at radius 2 is 1.89 bits per heavy atom. The van der Waals surface area contributed by atoms with Gasteiger partial charge in [-0.2, -0.15) is 0 Å². The average Bonchev–Trinajstić information content (AvgIpc) is 3.27. The smallest absolute Gasteiger partial charge is 0.270 e. The lowest BCUT2D eigenvalue weighted by atomic mass is 10.1. The first-order valence-electron chi connectivity index (χ1n) is 8.51. The van der Waals surface area contributed by atoms with Crippen LogP contribution in [0.2, 0.25) is 0 Å². The van der Waals surface area contributed by atoms with Gasteiger partial charge in [0.25, 0.3) is 5.69 Å². The molecule has 0 fully saturated rings. The summed E-state index contributed by atoms with van der Waals surface area (Å²) in [7, 11) is 0. The highest BCUT2D eigenvalue weighted by Gasteiger charge is 2.13. The number of benzene rings is 2. The van der Waals surface area contributed by atoms with Crippen LogP contribution in [0.5, 0.6) is 0 Å². The van der Waals surface area contributed by atoms with Crippen molar-refractivity contribution < 1.29 is 9.34 Å². The summed E-state index contributed by atoms with van der Waals surface area (Å²) in [6.45, 7) is 4.19. The molecular formula is C21H15BrN2O3S. The summed E-state index contributed by atoms with van der Waals surface area (Å²) in [4.78, 5) is 15.1. The molecule has 0 atom stereocenters. The maximum absolute atomic E-state index is 10.9. The molecule has 0 bridgehead atoms. The Bertz CT molecular complexity index is 1200. The average molecular weight is 455 g/mol. The monoisotopic (exact) mass is 454 g/mol. The maximum atomic E-state index is 10.9. The number of halogens is 1. The van der Waals surface area contributed by atoms with Gasteiger partial charge in [0.1, 0.15) is 16.5 Å². The van der Waals surface area contributed by atoms with E-state index < -0.39 is 4.92 Å². The second-order valence-corrected chi connectivity index (χ2v) is 8.33. The third kappa shape index (κ3) is 3.63. The second-order valence-electron chi connectivity index (χ2n) is 6.41. The molecule has 0 saturated carbocycles. The summed E-state index contributed by atoms with van der Waals surface area (Å²) in [6, 6.07) is 12.6. The molecule has 0 saturated heterocycles. The molecule has 2 aromatic heterocycles. The SMILES string of the molecule is Cc1cc2nc(C=Cc3ccc(-c4ccc([N+](=O)[O-])cc4Br)o3)sc2cc1C. The van der Waals surface area contributed by atoms with E-state index >= 15 is 0 Å². The van der Waals surface area contributed by atoms with Crippen LogP contribution < -0.4 is 0 Å². The number of fused-ring (bicyclic) bond motifs is 1. The lowest BCUT2D eigenvalue weighted by Crippen LogP contribution is -1.88. The normalized spacial score (nSPS) is 11.5. The van der Waals surface area contributed by atoms with Gasteiger partial charge in [-0.15, -0.1) is 11.3 Å². The first-order valence-corrected chi connectivity index (χ1v) is 10.1. The predicted octanol–water partition coefficient (Wildman–Crippen LogP) is 7.01. The topological polar surface area (TPSA) is 69.2 Å². The number of non-ortho nitro benzene ring substituents is 1. The summed E-state index contributed by atoms with van der Waals surface area (Å²) in [5.74, 6) is 1.32. The Morgan fingerprint density at radius 1 is 1.11 bits per heavy atom. The fourth-order valence-corrected chi connectivity index (χ4v) is 4.34. The van der Waals surface area contributed by atoms with E-state index in [9.17, 15) is 10.1 Å². The van der Waals surface area contributed by atoms with Crippen molar-refractivity contribution >= 4 is 55.3 Å². The molecule has 4 aromatic rings. The predicted molar refractivity (Wildman–Crippen MR) is 117 cm³/mol. The Balaban J connectivity index is 1.59. The number of nitro benzene ring substituents is 1. The van der Waals surface area contributed by atoms with Gasteiger partial charge < -0.3 is 4.42 Å². The van der Waals surface area contributed by atoms with Crippen molar-refractivity contribution in [3.05, 3.63) is 78.9 Å². The van der Waals surface area contributed by atoms with E-state index in [0.717, 1.165) is 20.8 Å². The van der Waals surface area contributed by atoms with Crippen LogP contribution in [0.4, 0.5) is 5.69 Å².